The number of rotatable bonds is 5. The molecule has 2 heterocycles. The lowest BCUT2D eigenvalue weighted by Crippen LogP contribution is -2.40. The fourth-order valence-electron chi connectivity index (χ4n) is 3.41. The zero-order valence-corrected chi connectivity index (χ0v) is 14.7. The molecule has 6 heteroatoms. The monoisotopic (exact) mass is 348 g/mol. The Bertz CT molecular complexity index is 797. The van der Waals surface area contributed by atoms with E-state index >= 15 is 0 Å². The van der Waals surface area contributed by atoms with Crippen LogP contribution < -0.4 is 10.3 Å². The number of halogens is 1. The first-order valence-electron chi connectivity index (χ1n) is 8.75. The number of nitrogens with zero attached hydrogens (tertiary/aromatic N) is 2. The highest BCUT2D eigenvalue weighted by atomic mass is 19.1. The molecule has 136 valence electrons. The largest absolute Gasteiger partial charge is 0.494 e. The maximum atomic E-state index is 13.9. The summed E-state index contributed by atoms with van der Waals surface area (Å²) < 4.78 is 20.3. The smallest absolute Gasteiger partial charge is 0.258 e. The first kappa shape index (κ1) is 17.9. The van der Waals surface area contributed by atoms with Crippen LogP contribution in [0.15, 0.2) is 29.2 Å². The van der Waals surface area contributed by atoms with Gasteiger partial charge in [0.1, 0.15) is 0 Å². The second-order valence-corrected chi connectivity index (χ2v) is 6.98. The van der Waals surface area contributed by atoms with Crippen LogP contribution in [-0.2, 0) is 6.54 Å². The highest BCUT2D eigenvalue weighted by Gasteiger charge is 2.19. The average molecular weight is 348 g/mol. The number of benzene rings is 1. The van der Waals surface area contributed by atoms with Crippen molar-refractivity contribution in [1.29, 1.82) is 0 Å². The molecule has 0 bridgehead atoms. The van der Waals surface area contributed by atoms with E-state index in [1.54, 1.807) is 12.3 Å². The van der Waals surface area contributed by atoms with Crippen molar-refractivity contribution in [2.45, 2.75) is 32.4 Å². The minimum Gasteiger partial charge on any atom is -0.494 e. The van der Waals surface area contributed by atoms with Crippen LogP contribution in [0.25, 0.3) is 10.8 Å². The van der Waals surface area contributed by atoms with Crippen molar-refractivity contribution < 1.29 is 14.2 Å². The number of hydrogen-bond acceptors (Lipinski definition) is 4. The standard InChI is InChI=1S/C19H25FN2O3/c1-13-3-6-21(7-4-13)11-15(23)12-22-8-5-14-9-18(25-2)17(20)10-16(14)19(22)24/h5,8-10,13,15,23H,3-4,6-7,11-12H2,1-2H3. The van der Waals surface area contributed by atoms with Crippen LogP contribution in [0.2, 0.25) is 0 Å². The Morgan fingerprint density at radius 3 is 2.72 bits per heavy atom. The van der Waals surface area contributed by atoms with Crippen molar-refractivity contribution in [3.8, 4) is 5.75 Å². The van der Waals surface area contributed by atoms with E-state index in [-0.39, 0.29) is 17.9 Å². The molecule has 1 aliphatic rings. The molecule has 1 unspecified atom stereocenters. The summed E-state index contributed by atoms with van der Waals surface area (Å²) in [6.45, 7) is 4.96. The van der Waals surface area contributed by atoms with Crippen molar-refractivity contribution in [2.75, 3.05) is 26.7 Å². The molecule has 1 saturated heterocycles. The van der Waals surface area contributed by atoms with Gasteiger partial charge in [-0.05, 0) is 55.4 Å². The number of pyridine rings is 1. The summed E-state index contributed by atoms with van der Waals surface area (Å²) >= 11 is 0. The number of β-amino-alcohol motifs (C(OH)–C–C–N with tert-alkyl or cyclic N) is 1. The minimum absolute atomic E-state index is 0.115. The van der Waals surface area contributed by atoms with Crippen LogP contribution in [-0.4, -0.2) is 47.4 Å². The molecule has 1 aliphatic heterocycles. The zero-order valence-electron chi connectivity index (χ0n) is 14.7. The van der Waals surface area contributed by atoms with E-state index in [9.17, 15) is 14.3 Å². The Hall–Kier alpha value is -1.92. The van der Waals surface area contributed by atoms with Gasteiger partial charge < -0.3 is 19.3 Å². The van der Waals surface area contributed by atoms with Gasteiger partial charge in [-0.25, -0.2) is 4.39 Å². The van der Waals surface area contributed by atoms with Crippen LogP contribution in [0, 0.1) is 11.7 Å². The third kappa shape index (κ3) is 4.02. The van der Waals surface area contributed by atoms with Crippen LogP contribution in [0.5, 0.6) is 5.75 Å². The molecule has 3 rings (SSSR count). The van der Waals surface area contributed by atoms with Gasteiger partial charge in [0.25, 0.3) is 5.56 Å². The van der Waals surface area contributed by atoms with Gasteiger partial charge in [-0.2, -0.15) is 0 Å². The summed E-state index contributed by atoms with van der Waals surface area (Å²) in [6.07, 6.45) is 3.29. The number of aliphatic hydroxyl groups is 1. The zero-order chi connectivity index (χ0) is 18.0. The Morgan fingerprint density at radius 1 is 1.32 bits per heavy atom. The lowest BCUT2D eigenvalue weighted by molar-refractivity contribution is 0.0796. The van der Waals surface area contributed by atoms with Crippen LogP contribution in [0.3, 0.4) is 0 Å². The van der Waals surface area contributed by atoms with E-state index < -0.39 is 11.9 Å². The van der Waals surface area contributed by atoms with Crippen molar-refractivity contribution in [3.05, 3.63) is 40.6 Å². The summed E-state index contributed by atoms with van der Waals surface area (Å²) in [5.74, 6) is 0.292. The Balaban J connectivity index is 1.75. The molecule has 0 amide bonds. The normalized spacial score (nSPS) is 17.8. The number of hydrogen-bond donors (Lipinski definition) is 1. The van der Waals surface area contributed by atoms with Crippen LogP contribution in [0.1, 0.15) is 19.8 Å². The maximum Gasteiger partial charge on any atom is 0.258 e. The number of methoxy groups -OCH3 is 1. The van der Waals surface area contributed by atoms with Crippen molar-refractivity contribution in [1.82, 2.24) is 9.47 Å². The minimum atomic E-state index is -0.633. The van der Waals surface area contributed by atoms with E-state index in [2.05, 4.69) is 11.8 Å². The molecular weight excluding hydrogens is 323 g/mol. The van der Waals surface area contributed by atoms with Crippen molar-refractivity contribution in [2.24, 2.45) is 5.92 Å². The molecule has 0 aliphatic carbocycles. The summed E-state index contributed by atoms with van der Waals surface area (Å²) in [7, 11) is 1.39. The SMILES string of the molecule is COc1cc2ccn(CC(O)CN3CCC(C)CC3)c(=O)c2cc1F. The number of piperidine rings is 1. The summed E-state index contributed by atoms with van der Waals surface area (Å²) in [5.41, 5.74) is -0.301. The number of fused-ring (bicyclic) bond motifs is 1. The predicted molar refractivity (Wildman–Crippen MR) is 95.6 cm³/mol. The summed E-state index contributed by atoms with van der Waals surface area (Å²) in [5, 5.41) is 11.3. The summed E-state index contributed by atoms with van der Waals surface area (Å²) in [4.78, 5) is 14.8. The van der Waals surface area contributed by atoms with E-state index in [0.717, 1.165) is 31.8 Å². The molecule has 1 aromatic heterocycles. The molecule has 5 nitrogen and oxygen atoms in total. The molecule has 25 heavy (non-hydrogen) atoms. The molecular formula is C19H25FN2O3. The van der Waals surface area contributed by atoms with Gasteiger partial charge >= 0.3 is 0 Å². The fraction of sp³-hybridized carbons (Fsp3) is 0.526. The molecule has 0 saturated carbocycles. The second kappa shape index (κ2) is 7.54. The predicted octanol–water partition coefficient (Wildman–Crippen LogP) is 2.24. The number of aromatic nitrogens is 1. The van der Waals surface area contributed by atoms with Gasteiger partial charge in [0.05, 0.1) is 25.1 Å². The third-order valence-electron chi connectivity index (χ3n) is 5.00. The van der Waals surface area contributed by atoms with Crippen molar-refractivity contribution in [3.63, 3.8) is 0 Å². The first-order valence-corrected chi connectivity index (χ1v) is 8.75. The van der Waals surface area contributed by atoms with E-state index in [4.69, 9.17) is 4.74 Å². The molecule has 1 atom stereocenters. The number of aliphatic hydroxyl groups excluding tert-OH is 1. The Morgan fingerprint density at radius 2 is 2.04 bits per heavy atom. The maximum absolute atomic E-state index is 13.9. The lowest BCUT2D eigenvalue weighted by Gasteiger charge is -2.31. The Kier molecular flexibility index (Phi) is 5.39. The highest BCUT2D eigenvalue weighted by molar-refractivity contribution is 5.83. The average Bonchev–Trinajstić information content (AvgIpc) is 2.59. The van der Waals surface area contributed by atoms with Crippen LogP contribution >= 0.6 is 0 Å². The van der Waals surface area contributed by atoms with Crippen LogP contribution in [0.4, 0.5) is 4.39 Å². The Labute approximate surface area is 146 Å². The first-order chi connectivity index (χ1) is 12.0. The summed E-state index contributed by atoms with van der Waals surface area (Å²) in [6, 6.07) is 4.46. The number of likely N-dealkylation sites (tertiary alicyclic amines) is 1. The van der Waals surface area contributed by atoms with Gasteiger partial charge in [-0.15, -0.1) is 0 Å². The molecule has 1 fully saturated rings. The quantitative estimate of drug-likeness (QED) is 0.900. The van der Waals surface area contributed by atoms with Gasteiger partial charge in [0.2, 0.25) is 0 Å². The lowest BCUT2D eigenvalue weighted by atomic mass is 9.99. The number of ether oxygens (including phenoxy) is 1. The highest BCUT2D eigenvalue weighted by Crippen LogP contribution is 2.22. The van der Waals surface area contributed by atoms with Gasteiger partial charge in [-0.1, -0.05) is 6.92 Å². The van der Waals surface area contributed by atoms with E-state index in [0.29, 0.717) is 17.3 Å². The van der Waals surface area contributed by atoms with Gasteiger partial charge in [-0.3, -0.25) is 4.79 Å². The molecule has 2 aromatic rings. The van der Waals surface area contributed by atoms with Gasteiger partial charge in [0.15, 0.2) is 11.6 Å². The molecule has 0 radical (unpaired) electrons. The van der Waals surface area contributed by atoms with E-state index in [1.807, 2.05) is 0 Å². The van der Waals surface area contributed by atoms with Crippen molar-refractivity contribution >= 4 is 10.8 Å². The second-order valence-electron chi connectivity index (χ2n) is 6.98. The fourth-order valence-corrected chi connectivity index (χ4v) is 3.41. The molecule has 1 N–H and O–H groups in total. The molecule has 0 spiro atoms. The van der Waals surface area contributed by atoms with E-state index in [1.165, 1.54) is 23.8 Å². The molecule has 1 aromatic carbocycles. The topological polar surface area (TPSA) is 54.7 Å². The third-order valence-corrected chi connectivity index (χ3v) is 5.00. The van der Waals surface area contributed by atoms with Gasteiger partial charge in [0, 0.05) is 12.7 Å².